The van der Waals surface area contributed by atoms with E-state index in [9.17, 15) is 19.2 Å². The summed E-state index contributed by atoms with van der Waals surface area (Å²) in [6, 6.07) is 15.8. The van der Waals surface area contributed by atoms with E-state index in [-0.39, 0.29) is 24.7 Å². The van der Waals surface area contributed by atoms with Crippen LogP contribution in [0.1, 0.15) is 22.3 Å². The number of carbonyl (C=O) groups excluding carboxylic acids is 4. The zero-order valence-electron chi connectivity index (χ0n) is 14.7. The van der Waals surface area contributed by atoms with Gasteiger partial charge in [0.05, 0.1) is 6.54 Å². The zero-order valence-corrected chi connectivity index (χ0v) is 15.5. The van der Waals surface area contributed by atoms with E-state index < -0.39 is 16.4 Å². The third kappa shape index (κ3) is 4.62. The summed E-state index contributed by atoms with van der Waals surface area (Å²) >= 11 is 0.785. The van der Waals surface area contributed by atoms with Gasteiger partial charge in [0.1, 0.15) is 5.25 Å². The van der Waals surface area contributed by atoms with Crippen LogP contribution in [-0.2, 0) is 9.59 Å². The van der Waals surface area contributed by atoms with Crippen molar-refractivity contribution in [3.05, 3.63) is 65.7 Å². The molecule has 1 N–H and O–H groups in total. The van der Waals surface area contributed by atoms with Gasteiger partial charge in [0.15, 0.2) is 5.78 Å². The van der Waals surface area contributed by atoms with Crippen molar-refractivity contribution in [2.24, 2.45) is 0 Å². The number of ketones is 1. The summed E-state index contributed by atoms with van der Waals surface area (Å²) in [6.07, 6.45) is -0.126. The minimum Gasteiger partial charge on any atom is -0.326 e. The first kappa shape index (κ1) is 18.8. The highest BCUT2D eigenvalue weighted by Gasteiger charge is 2.41. The van der Waals surface area contributed by atoms with Gasteiger partial charge in [0.2, 0.25) is 11.8 Å². The quantitative estimate of drug-likeness (QED) is 0.775. The summed E-state index contributed by atoms with van der Waals surface area (Å²) in [5.74, 6) is -1.17. The van der Waals surface area contributed by atoms with Gasteiger partial charge < -0.3 is 5.32 Å². The summed E-state index contributed by atoms with van der Waals surface area (Å²) in [4.78, 5) is 50.0. The number of carbonyl (C=O) groups is 4. The molecule has 2 aromatic carbocycles. The molecule has 0 aromatic heterocycles. The molecular formula is C20H18N2O4S. The van der Waals surface area contributed by atoms with Crippen LogP contribution in [0.25, 0.3) is 0 Å². The highest BCUT2D eigenvalue weighted by Crippen LogP contribution is 2.29. The fourth-order valence-electron chi connectivity index (χ4n) is 2.73. The second-order valence-corrected chi connectivity index (χ2v) is 7.36. The van der Waals surface area contributed by atoms with Gasteiger partial charge in [-0.05, 0) is 24.6 Å². The number of amides is 3. The zero-order chi connectivity index (χ0) is 19.4. The van der Waals surface area contributed by atoms with Gasteiger partial charge in [-0.3, -0.25) is 24.1 Å². The topological polar surface area (TPSA) is 83.6 Å². The molecule has 27 heavy (non-hydrogen) atoms. The van der Waals surface area contributed by atoms with Crippen LogP contribution in [0.2, 0.25) is 0 Å². The number of imide groups is 1. The monoisotopic (exact) mass is 382 g/mol. The van der Waals surface area contributed by atoms with Crippen LogP contribution in [0.4, 0.5) is 10.5 Å². The van der Waals surface area contributed by atoms with Crippen LogP contribution in [0.15, 0.2) is 54.6 Å². The Hall–Kier alpha value is -2.93. The smallest absolute Gasteiger partial charge is 0.289 e. The SMILES string of the molecule is Cc1cccc(NC(=O)CC2SC(=O)N(CC(=O)c3ccccc3)C2=O)c1. The Bertz CT molecular complexity index is 898. The maximum atomic E-state index is 12.5. The molecule has 0 bridgehead atoms. The minimum atomic E-state index is -0.814. The predicted molar refractivity (Wildman–Crippen MR) is 104 cm³/mol. The average Bonchev–Trinajstić information content (AvgIpc) is 2.89. The molecular weight excluding hydrogens is 364 g/mol. The van der Waals surface area contributed by atoms with Crippen LogP contribution in [0.3, 0.4) is 0 Å². The number of anilines is 1. The van der Waals surface area contributed by atoms with Crippen LogP contribution in [0, 0.1) is 6.92 Å². The summed E-state index contributed by atoms with van der Waals surface area (Å²) in [7, 11) is 0. The van der Waals surface area contributed by atoms with Crippen molar-refractivity contribution < 1.29 is 19.2 Å². The highest BCUT2D eigenvalue weighted by molar-refractivity contribution is 8.15. The molecule has 138 valence electrons. The number of thioether (sulfide) groups is 1. The van der Waals surface area contributed by atoms with E-state index in [1.54, 1.807) is 36.4 Å². The van der Waals surface area contributed by atoms with Gasteiger partial charge in [-0.1, -0.05) is 54.2 Å². The summed E-state index contributed by atoms with van der Waals surface area (Å²) in [5, 5.41) is 1.41. The van der Waals surface area contributed by atoms with Crippen molar-refractivity contribution in [1.29, 1.82) is 0 Å². The molecule has 0 aliphatic carbocycles. The van der Waals surface area contributed by atoms with E-state index in [1.165, 1.54) is 0 Å². The largest absolute Gasteiger partial charge is 0.326 e. The lowest BCUT2D eigenvalue weighted by atomic mass is 10.1. The van der Waals surface area contributed by atoms with E-state index in [2.05, 4.69) is 5.32 Å². The number of hydrogen-bond acceptors (Lipinski definition) is 5. The first-order valence-electron chi connectivity index (χ1n) is 8.41. The Kier molecular flexibility index (Phi) is 5.71. The van der Waals surface area contributed by atoms with Gasteiger partial charge in [0, 0.05) is 17.7 Å². The van der Waals surface area contributed by atoms with Crippen LogP contribution in [-0.4, -0.2) is 39.5 Å². The minimum absolute atomic E-state index is 0.126. The fraction of sp³-hybridized carbons (Fsp3) is 0.200. The van der Waals surface area contributed by atoms with Gasteiger partial charge >= 0.3 is 0 Å². The molecule has 1 unspecified atom stereocenters. The van der Waals surface area contributed by atoms with Crippen LogP contribution in [0.5, 0.6) is 0 Å². The van der Waals surface area contributed by atoms with E-state index in [0.29, 0.717) is 11.3 Å². The van der Waals surface area contributed by atoms with Crippen molar-refractivity contribution in [2.75, 3.05) is 11.9 Å². The molecule has 1 atom stereocenters. The molecule has 2 aromatic rings. The van der Waals surface area contributed by atoms with E-state index >= 15 is 0 Å². The fourth-order valence-corrected chi connectivity index (χ4v) is 3.72. The van der Waals surface area contributed by atoms with Crippen molar-refractivity contribution in [3.8, 4) is 0 Å². The summed E-state index contributed by atoms with van der Waals surface area (Å²) in [6.45, 7) is 1.59. The molecule has 0 saturated carbocycles. The number of nitrogens with zero attached hydrogens (tertiary/aromatic N) is 1. The predicted octanol–water partition coefficient (Wildman–Crippen LogP) is 3.27. The number of nitrogens with one attached hydrogen (secondary N) is 1. The van der Waals surface area contributed by atoms with Crippen molar-refractivity contribution >= 4 is 40.3 Å². The molecule has 7 heteroatoms. The molecule has 1 saturated heterocycles. The number of aryl methyl sites for hydroxylation is 1. The second-order valence-electron chi connectivity index (χ2n) is 6.21. The Morgan fingerprint density at radius 1 is 1.07 bits per heavy atom. The lowest BCUT2D eigenvalue weighted by Gasteiger charge is -2.13. The van der Waals surface area contributed by atoms with E-state index in [0.717, 1.165) is 22.2 Å². The maximum Gasteiger partial charge on any atom is 0.289 e. The number of hydrogen-bond donors (Lipinski definition) is 1. The van der Waals surface area contributed by atoms with Crippen molar-refractivity contribution in [2.45, 2.75) is 18.6 Å². The molecule has 0 radical (unpaired) electrons. The highest BCUT2D eigenvalue weighted by atomic mass is 32.2. The normalized spacial score (nSPS) is 16.5. The first-order chi connectivity index (χ1) is 12.9. The number of benzene rings is 2. The third-order valence-corrected chi connectivity index (χ3v) is 5.15. The lowest BCUT2D eigenvalue weighted by molar-refractivity contribution is -0.128. The Morgan fingerprint density at radius 2 is 1.81 bits per heavy atom. The van der Waals surface area contributed by atoms with Gasteiger partial charge in [-0.15, -0.1) is 0 Å². The third-order valence-electron chi connectivity index (χ3n) is 4.08. The van der Waals surface area contributed by atoms with Gasteiger partial charge in [0.25, 0.3) is 5.24 Å². The number of Topliss-reactive ketones (excluding diaryl/α,β-unsaturated/α-hetero) is 1. The van der Waals surface area contributed by atoms with Gasteiger partial charge in [-0.2, -0.15) is 0 Å². The molecule has 0 spiro atoms. The Balaban J connectivity index is 1.60. The van der Waals surface area contributed by atoms with Gasteiger partial charge in [-0.25, -0.2) is 0 Å². The molecule has 1 aliphatic heterocycles. The van der Waals surface area contributed by atoms with E-state index in [4.69, 9.17) is 0 Å². The molecule has 6 nitrogen and oxygen atoms in total. The summed E-state index contributed by atoms with van der Waals surface area (Å²) in [5.41, 5.74) is 2.07. The molecule has 3 rings (SSSR count). The maximum absolute atomic E-state index is 12.5. The second kappa shape index (κ2) is 8.18. The summed E-state index contributed by atoms with van der Waals surface area (Å²) < 4.78 is 0. The standard InChI is InChI=1S/C20H18N2O4S/c1-13-6-5-9-15(10-13)21-18(24)11-17-19(25)22(20(26)27-17)12-16(23)14-7-3-2-4-8-14/h2-10,17H,11-12H2,1H3,(H,21,24). The molecule has 1 heterocycles. The van der Waals surface area contributed by atoms with E-state index in [1.807, 2.05) is 25.1 Å². The molecule has 3 amide bonds. The average molecular weight is 382 g/mol. The van der Waals surface area contributed by atoms with Crippen LogP contribution >= 0.6 is 11.8 Å². The lowest BCUT2D eigenvalue weighted by Crippen LogP contribution is -2.36. The number of rotatable bonds is 6. The van der Waals surface area contributed by atoms with Crippen LogP contribution < -0.4 is 5.32 Å². The Labute approximate surface area is 160 Å². The Morgan fingerprint density at radius 3 is 2.52 bits per heavy atom. The van der Waals surface area contributed by atoms with Crippen molar-refractivity contribution in [3.63, 3.8) is 0 Å². The van der Waals surface area contributed by atoms with Crippen molar-refractivity contribution in [1.82, 2.24) is 4.90 Å². The molecule has 1 fully saturated rings. The first-order valence-corrected chi connectivity index (χ1v) is 9.29. The molecule has 1 aliphatic rings.